The second-order valence-corrected chi connectivity index (χ2v) is 6.77. The van der Waals surface area contributed by atoms with Crippen molar-refractivity contribution in [2.75, 3.05) is 0 Å². The zero-order valence-corrected chi connectivity index (χ0v) is 15.0. The molecule has 0 rings (SSSR count). The van der Waals surface area contributed by atoms with Crippen molar-refractivity contribution in [2.45, 2.75) is 111 Å². The highest BCUT2D eigenvalue weighted by molar-refractivity contribution is 5.78. The van der Waals surface area contributed by atoms with Crippen LogP contribution in [-0.2, 0) is 4.79 Å². The molecule has 2 heteroatoms. The molecule has 1 N–H and O–H groups in total. The molecule has 0 bridgehead atoms. The zero-order chi connectivity index (χ0) is 15.9. The summed E-state index contributed by atoms with van der Waals surface area (Å²) in [6.07, 6.45) is 15.5. The molecular formula is C19H39NO. The summed E-state index contributed by atoms with van der Waals surface area (Å²) in [4.78, 5) is 11.9. The van der Waals surface area contributed by atoms with Gasteiger partial charge in [-0.1, -0.05) is 91.9 Å². The van der Waals surface area contributed by atoms with Gasteiger partial charge in [0.15, 0.2) is 0 Å². The quantitative estimate of drug-likeness (QED) is 0.400. The minimum atomic E-state index is 0.104. The van der Waals surface area contributed by atoms with Crippen LogP contribution in [0.5, 0.6) is 0 Å². The lowest BCUT2D eigenvalue weighted by molar-refractivity contribution is -0.124. The van der Waals surface area contributed by atoms with Crippen molar-refractivity contribution in [3.8, 4) is 0 Å². The van der Waals surface area contributed by atoms with E-state index in [2.05, 4.69) is 19.2 Å². The van der Waals surface area contributed by atoms with E-state index in [-0.39, 0.29) is 11.8 Å². The van der Waals surface area contributed by atoms with Gasteiger partial charge in [-0.3, -0.25) is 4.79 Å². The van der Waals surface area contributed by atoms with Gasteiger partial charge >= 0.3 is 0 Å². The molecule has 2 nitrogen and oxygen atoms in total. The lowest BCUT2D eigenvalue weighted by Gasteiger charge is -2.20. The predicted octanol–water partition coefficient (Wildman–Crippen LogP) is 5.85. The van der Waals surface area contributed by atoms with Gasteiger partial charge in [0.1, 0.15) is 0 Å². The molecule has 0 spiro atoms. The van der Waals surface area contributed by atoms with E-state index in [0.29, 0.717) is 6.04 Å². The number of nitrogens with one attached hydrogen (secondary N) is 1. The third-order valence-electron chi connectivity index (χ3n) is 4.18. The van der Waals surface area contributed by atoms with Crippen LogP contribution in [0, 0.1) is 5.92 Å². The Morgan fingerprint density at radius 2 is 1.19 bits per heavy atom. The Morgan fingerprint density at radius 1 is 0.762 bits per heavy atom. The van der Waals surface area contributed by atoms with Crippen LogP contribution in [-0.4, -0.2) is 11.9 Å². The first-order valence-corrected chi connectivity index (χ1v) is 9.42. The number of hydrogen-bond donors (Lipinski definition) is 1. The molecule has 0 aromatic rings. The minimum absolute atomic E-state index is 0.104. The van der Waals surface area contributed by atoms with Crippen molar-refractivity contribution in [3.63, 3.8) is 0 Å². The summed E-state index contributed by atoms with van der Waals surface area (Å²) in [5.41, 5.74) is 0. The normalized spacial score (nSPS) is 11.3. The summed E-state index contributed by atoms with van der Waals surface area (Å²) in [7, 11) is 0. The number of carbonyl (C=O) groups excluding carboxylic acids is 1. The fourth-order valence-corrected chi connectivity index (χ4v) is 2.65. The molecule has 0 aliphatic carbocycles. The molecule has 126 valence electrons. The van der Waals surface area contributed by atoms with Crippen molar-refractivity contribution in [2.24, 2.45) is 5.92 Å². The van der Waals surface area contributed by atoms with Crippen LogP contribution >= 0.6 is 0 Å². The molecule has 0 unspecified atom stereocenters. The van der Waals surface area contributed by atoms with Crippen LogP contribution in [0.1, 0.15) is 105 Å². The molecule has 21 heavy (non-hydrogen) atoms. The minimum Gasteiger partial charge on any atom is -0.353 e. The van der Waals surface area contributed by atoms with Crippen molar-refractivity contribution in [1.29, 1.82) is 0 Å². The average molecular weight is 298 g/mol. The van der Waals surface area contributed by atoms with Crippen LogP contribution in [0.25, 0.3) is 0 Å². The standard InChI is InChI=1S/C19H39NO/c1-5-7-9-11-13-15-18(20-19(21)17(3)4)16-14-12-10-8-6-2/h17-18H,5-16H2,1-4H3,(H,20,21). The number of unbranched alkanes of at least 4 members (excludes halogenated alkanes) is 8. The smallest absolute Gasteiger partial charge is 0.222 e. The van der Waals surface area contributed by atoms with Gasteiger partial charge in [-0.05, 0) is 12.8 Å². The molecule has 0 aromatic carbocycles. The van der Waals surface area contributed by atoms with Gasteiger partial charge in [0, 0.05) is 12.0 Å². The third kappa shape index (κ3) is 12.9. The van der Waals surface area contributed by atoms with Crippen LogP contribution in [0.4, 0.5) is 0 Å². The van der Waals surface area contributed by atoms with Gasteiger partial charge in [0.25, 0.3) is 0 Å². The molecule has 0 saturated heterocycles. The summed E-state index contributed by atoms with van der Waals surface area (Å²) in [5.74, 6) is 0.329. The number of amides is 1. The molecular weight excluding hydrogens is 258 g/mol. The molecule has 0 aliphatic heterocycles. The summed E-state index contributed by atoms with van der Waals surface area (Å²) in [5, 5.41) is 3.26. The van der Waals surface area contributed by atoms with Crippen LogP contribution in [0.2, 0.25) is 0 Å². The second kappa shape index (κ2) is 14.4. The summed E-state index contributed by atoms with van der Waals surface area (Å²) < 4.78 is 0. The Labute approximate surface area is 133 Å². The molecule has 0 saturated carbocycles. The molecule has 0 fully saturated rings. The van der Waals surface area contributed by atoms with Crippen molar-refractivity contribution >= 4 is 5.91 Å². The Morgan fingerprint density at radius 3 is 1.57 bits per heavy atom. The molecule has 0 heterocycles. The maximum atomic E-state index is 11.9. The number of hydrogen-bond acceptors (Lipinski definition) is 1. The zero-order valence-electron chi connectivity index (χ0n) is 15.0. The molecule has 0 radical (unpaired) electrons. The number of rotatable bonds is 14. The van der Waals surface area contributed by atoms with E-state index in [1.165, 1.54) is 64.2 Å². The summed E-state index contributed by atoms with van der Waals surface area (Å²) >= 11 is 0. The van der Waals surface area contributed by atoms with Crippen molar-refractivity contribution in [1.82, 2.24) is 5.32 Å². The van der Waals surface area contributed by atoms with Gasteiger partial charge < -0.3 is 5.32 Å². The van der Waals surface area contributed by atoms with Gasteiger partial charge in [0.2, 0.25) is 5.91 Å². The molecule has 0 aliphatic rings. The SMILES string of the molecule is CCCCCCCC(CCCCCCC)NC(=O)C(C)C. The topological polar surface area (TPSA) is 29.1 Å². The Kier molecular flexibility index (Phi) is 14.0. The maximum absolute atomic E-state index is 11.9. The molecule has 0 aromatic heterocycles. The Balaban J connectivity index is 3.94. The summed E-state index contributed by atoms with van der Waals surface area (Å²) in [6, 6.07) is 0.406. The first-order chi connectivity index (χ1) is 10.1. The first kappa shape index (κ1) is 20.5. The summed E-state index contributed by atoms with van der Waals surface area (Å²) in [6.45, 7) is 8.47. The van der Waals surface area contributed by atoms with E-state index in [0.717, 1.165) is 12.8 Å². The average Bonchev–Trinajstić information content (AvgIpc) is 2.46. The second-order valence-electron chi connectivity index (χ2n) is 6.77. The molecule has 0 atom stereocenters. The van der Waals surface area contributed by atoms with E-state index >= 15 is 0 Å². The van der Waals surface area contributed by atoms with Gasteiger partial charge in [-0.15, -0.1) is 0 Å². The van der Waals surface area contributed by atoms with Crippen LogP contribution in [0.15, 0.2) is 0 Å². The Bertz CT molecular complexity index is 224. The van der Waals surface area contributed by atoms with E-state index < -0.39 is 0 Å². The lowest BCUT2D eigenvalue weighted by Crippen LogP contribution is -2.37. The van der Waals surface area contributed by atoms with E-state index in [1.54, 1.807) is 0 Å². The van der Waals surface area contributed by atoms with Crippen molar-refractivity contribution in [3.05, 3.63) is 0 Å². The number of carbonyl (C=O) groups is 1. The largest absolute Gasteiger partial charge is 0.353 e. The van der Waals surface area contributed by atoms with E-state index in [4.69, 9.17) is 0 Å². The van der Waals surface area contributed by atoms with Gasteiger partial charge in [0.05, 0.1) is 0 Å². The van der Waals surface area contributed by atoms with Crippen molar-refractivity contribution < 1.29 is 4.79 Å². The van der Waals surface area contributed by atoms with Crippen LogP contribution in [0.3, 0.4) is 0 Å². The predicted molar refractivity (Wildman–Crippen MR) is 93.5 cm³/mol. The van der Waals surface area contributed by atoms with Gasteiger partial charge in [-0.2, -0.15) is 0 Å². The highest BCUT2D eigenvalue weighted by Gasteiger charge is 2.14. The third-order valence-corrected chi connectivity index (χ3v) is 4.18. The maximum Gasteiger partial charge on any atom is 0.222 e. The highest BCUT2D eigenvalue weighted by Crippen LogP contribution is 2.14. The van der Waals surface area contributed by atoms with E-state index in [9.17, 15) is 4.79 Å². The van der Waals surface area contributed by atoms with Crippen LogP contribution < -0.4 is 5.32 Å². The van der Waals surface area contributed by atoms with E-state index in [1.807, 2.05) is 13.8 Å². The monoisotopic (exact) mass is 297 g/mol. The lowest BCUT2D eigenvalue weighted by atomic mass is 9.99. The molecule has 1 amide bonds. The Hall–Kier alpha value is -0.530. The van der Waals surface area contributed by atoms with Gasteiger partial charge in [-0.25, -0.2) is 0 Å². The highest BCUT2D eigenvalue weighted by atomic mass is 16.1. The fourth-order valence-electron chi connectivity index (χ4n) is 2.65. The first-order valence-electron chi connectivity index (χ1n) is 9.42. The fraction of sp³-hybridized carbons (Fsp3) is 0.947.